The fourth-order valence-electron chi connectivity index (χ4n) is 3.15. The minimum absolute atomic E-state index is 0.0684. The summed E-state index contributed by atoms with van der Waals surface area (Å²) in [6, 6.07) is 0. The molecule has 0 aromatic rings. The number of rotatable bonds is 25. The van der Waals surface area contributed by atoms with Crippen molar-refractivity contribution < 1.29 is 38.7 Å². The molecule has 0 aliphatic heterocycles. The zero-order valence-electron chi connectivity index (χ0n) is 21.7. The number of esters is 2. The third-order valence-corrected chi connectivity index (χ3v) is 5.08. The van der Waals surface area contributed by atoms with E-state index in [1.807, 2.05) is 6.92 Å². The number of unbranched alkanes of at least 4 members (excludes halogenated alkanes) is 10. The standard InChI is InChI=1S/C27H48O8/c1-2-21-32-24-33-22-25(35-27(31)18-14-10-6-4-8-12-16-20-29)23-34-26(30)17-13-9-5-3-7-11-15-19-28/h13-14,17-18,25,28-29H,2-12,15-16,19-24H2,1H3/b17-13+,18-14+. The number of hydrogen-bond donors (Lipinski definition) is 2. The zero-order chi connectivity index (χ0) is 25.8. The minimum Gasteiger partial charge on any atom is -0.458 e. The summed E-state index contributed by atoms with van der Waals surface area (Å²) in [5.41, 5.74) is 0. The summed E-state index contributed by atoms with van der Waals surface area (Å²) in [5, 5.41) is 17.5. The largest absolute Gasteiger partial charge is 0.458 e. The van der Waals surface area contributed by atoms with Crippen LogP contribution in [-0.2, 0) is 28.5 Å². The van der Waals surface area contributed by atoms with Crippen LogP contribution in [0.3, 0.4) is 0 Å². The van der Waals surface area contributed by atoms with Gasteiger partial charge in [0, 0.05) is 32.0 Å². The van der Waals surface area contributed by atoms with Crippen molar-refractivity contribution >= 4 is 11.9 Å². The number of carbonyl (C=O) groups excluding carboxylic acids is 2. The second kappa shape index (κ2) is 26.9. The van der Waals surface area contributed by atoms with E-state index in [1.54, 1.807) is 12.2 Å². The molecule has 8 nitrogen and oxygen atoms in total. The summed E-state index contributed by atoms with van der Waals surface area (Å²) in [6.07, 6.45) is 18.0. The number of aliphatic hydroxyl groups excluding tert-OH is 2. The van der Waals surface area contributed by atoms with Gasteiger partial charge in [0.1, 0.15) is 13.4 Å². The van der Waals surface area contributed by atoms with Crippen LogP contribution in [0, 0.1) is 0 Å². The van der Waals surface area contributed by atoms with Gasteiger partial charge in [-0.2, -0.15) is 0 Å². The molecule has 0 aromatic carbocycles. The van der Waals surface area contributed by atoms with Gasteiger partial charge >= 0.3 is 11.9 Å². The van der Waals surface area contributed by atoms with E-state index in [1.165, 1.54) is 12.2 Å². The van der Waals surface area contributed by atoms with Crippen LogP contribution >= 0.6 is 0 Å². The van der Waals surface area contributed by atoms with E-state index in [2.05, 4.69) is 0 Å². The van der Waals surface area contributed by atoms with Crippen molar-refractivity contribution in [2.24, 2.45) is 0 Å². The lowest BCUT2D eigenvalue weighted by Gasteiger charge is -2.17. The first-order valence-corrected chi connectivity index (χ1v) is 13.2. The Hall–Kier alpha value is -1.74. The Morgan fingerprint density at radius 3 is 1.83 bits per heavy atom. The third-order valence-electron chi connectivity index (χ3n) is 5.08. The predicted molar refractivity (Wildman–Crippen MR) is 136 cm³/mol. The summed E-state index contributed by atoms with van der Waals surface area (Å²) in [5.74, 6) is -0.980. The maximum Gasteiger partial charge on any atom is 0.330 e. The summed E-state index contributed by atoms with van der Waals surface area (Å²) >= 11 is 0. The second-order valence-corrected chi connectivity index (χ2v) is 8.45. The smallest absolute Gasteiger partial charge is 0.330 e. The highest BCUT2D eigenvalue weighted by molar-refractivity contribution is 5.82. The molecule has 0 heterocycles. The number of carbonyl (C=O) groups is 2. The minimum atomic E-state index is -0.722. The third kappa shape index (κ3) is 25.2. The zero-order valence-corrected chi connectivity index (χ0v) is 21.7. The van der Waals surface area contributed by atoms with Gasteiger partial charge in [0.05, 0.1) is 6.61 Å². The summed E-state index contributed by atoms with van der Waals surface area (Å²) in [6.45, 7) is 3.11. The van der Waals surface area contributed by atoms with Crippen molar-refractivity contribution in [3.05, 3.63) is 24.3 Å². The van der Waals surface area contributed by atoms with Gasteiger partial charge < -0.3 is 29.2 Å². The molecule has 8 heteroatoms. The molecule has 0 bridgehead atoms. The van der Waals surface area contributed by atoms with Gasteiger partial charge in [-0.15, -0.1) is 0 Å². The number of aliphatic hydroxyl groups is 2. The van der Waals surface area contributed by atoms with E-state index in [0.717, 1.165) is 83.5 Å². The van der Waals surface area contributed by atoms with Crippen molar-refractivity contribution in [3.63, 3.8) is 0 Å². The summed E-state index contributed by atoms with van der Waals surface area (Å²) in [7, 11) is 0. The SMILES string of the molecule is CCCOCOCC(COC(=O)/C=C/CCCCCCCO)OC(=O)/C=C/CCCCCCCO. The molecule has 204 valence electrons. The Labute approximate surface area is 211 Å². The van der Waals surface area contributed by atoms with Crippen LogP contribution in [-0.4, -0.2) is 68.1 Å². The van der Waals surface area contributed by atoms with Crippen LogP contribution in [0.15, 0.2) is 24.3 Å². The van der Waals surface area contributed by atoms with E-state index >= 15 is 0 Å². The van der Waals surface area contributed by atoms with E-state index in [9.17, 15) is 9.59 Å². The van der Waals surface area contributed by atoms with E-state index in [0.29, 0.717) is 6.61 Å². The van der Waals surface area contributed by atoms with Crippen LogP contribution in [0.4, 0.5) is 0 Å². The lowest BCUT2D eigenvalue weighted by atomic mass is 10.1. The first-order valence-electron chi connectivity index (χ1n) is 13.2. The predicted octanol–water partition coefficient (Wildman–Crippen LogP) is 4.62. The summed E-state index contributed by atoms with van der Waals surface area (Å²) < 4.78 is 21.3. The van der Waals surface area contributed by atoms with Gasteiger partial charge in [-0.05, 0) is 44.9 Å². The van der Waals surface area contributed by atoms with Crippen LogP contribution in [0.5, 0.6) is 0 Å². The number of hydrogen-bond acceptors (Lipinski definition) is 8. The Kier molecular flexibility index (Phi) is 25.5. The first kappa shape index (κ1) is 33.3. The normalized spacial score (nSPS) is 12.4. The molecule has 0 amide bonds. The first-order chi connectivity index (χ1) is 17.1. The topological polar surface area (TPSA) is 112 Å². The molecule has 0 saturated carbocycles. The van der Waals surface area contributed by atoms with Crippen LogP contribution in [0.2, 0.25) is 0 Å². The Balaban J connectivity index is 4.28. The fourth-order valence-corrected chi connectivity index (χ4v) is 3.15. The van der Waals surface area contributed by atoms with Gasteiger partial charge in [0.25, 0.3) is 0 Å². The molecule has 2 N–H and O–H groups in total. The molecule has 0 aliphatic carbocycles. The molecule has 0 fully saturated rings. The van der Waals surface area contributed by atoms with Gasteiger partial charge in [-0.3, -0.25) is 0 Å². The van der Waals surface area contributed by atoms with Crippen molar-refractivity contribution in [3.8, 4) is 0 Å². The lowest BCUT2D eigenvalue weighted by Crippen LogP contribution is -2.29. The molecule has 0 aromatic heterocycles. The van der Waals surface area contributed by atoms with Crippen molar-refractivity contribution in [2.45, 2.75) is 96.5 Å². The summed E-state index contributed by atoms with van der Waals surface area (Å²) in [4.78, 5) is 24.1. The number of allylic oxidation sites excluding steroid dienone is 2. The van der Waals surface area contributed by atoms with Crippen molar-refractivity contribution in [1.29, 1.82) is 0 Å². The van der Waals surface area contributed by atoms with Gasteiger partial charge in [0.15, 0.2) is 6.10 Å². The lowest BCUT2D eigenvalue weighted by molar-refractivity contribution is -0.160. The average molecular weight is 501 g/mol. The van der Waals surface area contributed by atoms with E-state index in [4.69, 9.17) is 29.2 Å². The molecule has 0 rings (SSSR count). The van der Waals surface area contributed by atoms with Gasteiger partial charge in [-0.25, -0.2) is 9.59 Å². The fraction of sp³-hybridized carbons (Fsp3) is 0.778. The molecule has 0 spiro atoms. The van der Waals surface area contributed by atoms with Crippen molar-refractivity contribution in [1.82, 2.24) is 0 Å². The highest BCUT2D eigenvalue weighted by Crippen LogP contribution is 2.07. The molecule has 0 saturated heterocycles. The molecule has 35 heavy (non-hydrogen) atoms. The molecular formula is C27H48O8. The molecule has 1 unspecified atom stereocenters. The van der Waals surface area contributed by atoms with Crippen LogP contribution < -0.4 is 0 Å². The Morgan fingerprint density at radius 2 is 1.26 bits per heavy atom. The van der Waals surface area contributed by atoms with Gasteiger partial charge in [-0.1, -0.05) is 57.6 Å². The van der Waals surface area contributed by atoms with Gasteiger partial charge in [0.2, 0.25) is 0 Å². The highest BCUT2D eigenvalue weighted by Gasteiger charge is 2.16. The molecule has 0 aliphatic rings. The Bertz CT molecular complexity index is 547. The van der Waals surface area contributed by atoms with E-state index < -0.39 is 18.0 Å². The van der Waals surface area contributed by atoms with Crippen LogP contribution in [0.25, 0.3) is 0 Å². The molecule has 1 atom stereocenters. The Morgan fingerprint density at radius 1 is 0.714 bits per heavy atom. The second-order valence-electron chi connectivity index (χ2n) is 8.45. The molecular weight excluding hydrogens is 452 g/mol. The highest BCUT2D eigenvalue weighted by atomic mass is 16.7. The number of ether oxygens (including phenoxy) is 4. The monoisotopic (exact) mass is 500 g/mol. The van der Waals surface area contributed by atoms with E-state index in [-0.39, 0.29) is 33.2 Å². The maximum atomic E-state index is 12.2. The molecule has 0 radical (unpaired) electrons. The quantitative estimate of drug-likeness (QED) is 0.0808. The maximum absolute atomic E-state index is 12.2. The van der Waals surface area contributed by atoms with Crippen LogP contribution in [0.1, 0.15) is 90.4 Å². The average Bonchev–Trinajstić information content (AvgIpc) is 2.85. The van der Waals surface area contributed by atoms with Crippen molar-refractivity contribution in [2.75, 3.05) is 39.8 Å².